The molecule has 0 saturated heterocycles. The first-order valence-electron chi connectivity index (χ1n) is 5.72. The number of Topliss-reactive ketones (excluding diaryl/α,β-unsaturated/α-hetero) is 1. The maximum Gasteiger partial charge on any atom is 0.417 e. The van der Waals surface area contributed by atoms with Gasteiger partial charge in [0.25, 0.3) is 0 Å². The van der Waals surface area contributed by atoms with Crippen LogP contribution in [0.1, 0.15) is 42.6 Å². The number of alkyl halides is 3. The Kier molecular flexibility index (Phi) is 4.79. The van der Waals surface area contributed by atoms with Crippen LogP contribution in [-0.4, -0.2) is 5.78 Å². The Bertz CT molecular complexity index is 436. The topological polar surface area (TPSA) is 17.1 Å². The van der Waals surface area contributed by atoms with Crippen LogP contribution in [0.2, 0.25) is 5.02 Å². The monoisotopic (exact) mass is 278 g/mol. The van der Waals surface area contributed by atoms with Crippen molar-refractivity contribution < 1.29 is 18.0 Å². The van der Waals surface area contributed by atoms with Crippen molar-refractivity contribution in [3.05, 3.63) is 34.3 Å². The summed E-state index contributed by atoms with van der Waals surface area (Å²) in [5, 5.41) is -0.431. The van der Waals surface area contributed by atoms with E-state index in [1.165, 1.54) is 6.07 Å². The van der Waals surface area contributed by atoms with Crippen LogP contribution in [0.5, 0.6) is 0 Å². The first kappa shape index (κ1) is 15.0. The number of hydrogen-bond acceptors (Lipinski definition) is 1. The normalized spacial score (nSPS) is 11.9. The second-order valence-corrected chi connectivity index (χ2v) is 4.48. The summed E-state index contributed by atoms with van der Waals surface area (Å²) in [5.41, 5.74) is -0.674. The molecule has 0 atom stereocenters. The summed E-state index contributed by atoms with van der Waals surface area (Å²) in [5.74, 6) is -0.326. The summed E-state index contributed by atoms with van der Waals surface area (Å²) < 4.78 is 37.5. The minimum absolute atomic E-state index is 0.157. The summed E-state index contributed by atoms with van der Waals surface area (Å²) in [4.78, 5) is 12.0. The molecule has 0 heterocycles. The molecule has 18 heavy (non-hydrogen) atoms. The van der Waals surface area contributed by atoms with Gasteiger partial charge in [0, 0.05) is 11.5 Å². The third-order valence-corrected chi connectivity index (χ3v) is 3.23. The third kappa shape index (κ3) is 3.25. The molecule has 0 aliphatic carbocycles. The number of hydrogen-bond donors (Lipinski definition) is 0. The molecule has 1 aromatic carbocycles. The van der Waals surface area contributed by atoms with E-state index in [0.29, 0.717) is 12.8 Å². The van der Waals surface area contributed by atoms with Crippen LogP contribution < -0.4 is 0 Å². The van der Waals surface area contributed by atoms with E-state index in [-0.39, 0.29) is 17.3 Å². The molecule has 5 heteroatoms. The van der Waals surface area contributed by atoms with Gasteiger partial charge in [-0.15, -0.1) is 0 Å². The van der Waals surface area contributed by atoms with Crippen molar-refractivity contribution in [1.29, 1.82) is 0 Å². The number of ketones is 1. The molecule has 0 amide bonds. The van der Waals surface area contributed by atoms with Gasteiger partial charge in [-0.25, -0.2) is 0 Å². The number of halogens is 4. The first-order valence-corrected chi connectivity index (χ1v) is 6.10. The smallest absolute Gasteiger partial charge is 0.294 e. The maximum absolute atomic E-state index is 12.5. The lowest BCUT2D eigenvalue weighted by Gasteiger charge is -2.13. The molecule has 0 aliphatic heterocycles. The standard InChI is InChI=1S/C13H14ClF3O/c1-3-8(4-2)12(18)9-5-6-10(11(14)7-9)13(15,16)17/h5-8H,3-4H2,1-2H3. The van der Waals surface area contributed by atoms with Crippen molar-refractivity contribution >= 4 is 17.4 Å². The van der Waals surface area contributed by atoms with Crippen LogP contribution in [-0.2, 0) is 6.18 Å². The predicted octanol–water partition coefficient (Wildman–Crippen LogP) is 4.98. The van der Waals surface area contributed by atoms with Crippen LogP contribution in [0, 0.1) is 5.92 Å². The van der Waals surface area contributed by atoms with Crippen LogP contribution >= 0.6 is 11.6 Å². The van der Waals surface area contributed by atoms with E-state index < -0.39 is 16.8 Å². The van der Waals surface area contributed by atoms with Gasteiger partial charge in [0.1, 0.15) is 0 Å². The van der Waals surface area contributed by atoms with E-state index in [4.69, 9.17) is 11.6 Å². The van der Waals surface area contributed by atoms with E-state index in [0.717, 1.165) is 12.1 Å². The molecule has 1 rings (SSSR count). The Morgan fingerprint density at radius 1 is 1.28 bits per heavy atom. The lowest BCUT2D eigenvalue weighted by Crippen LogP contribution is -2.14. The van der Waals surface area contributed by atoms with Crippen LogP contribution in [0.3, 0.4) is 0 Å². The molecule has 0 saturated carbocycles. The minimum Gasteiger partial charge on any atom is -0.294 e. The number of carbonyl (C=O) groups excluding carboxylic acids is 1. The second kappa shape index (κ2) is 5.74. The Morgan fingerprint density at radius 2 is 1.83 bits per heavy atom. The number of benzene rings is 1. The average Bonchev–Trinajstić information content (AvgIpc) is 2.28. The molecule has 0 bridgehead atoms. The molecule has 0 aliphatic rings. The molecule has 0 spiro atoms. The average molecular weight is 279 g/mol. The SMILES string of the molecule is CCC(CC)C(=O)c1ccc(C(F)(F)F)c(Cl)c1. The second-order valence-electron chi connectivity index (χ2n) is 4.07. The first-order chi connectivity index (χ1) is 8.31. The molecule has 0 aromatic heterocycles. The van der Waals surface area contributed by atoms with E-state index >= 15 is 0 Å². The van der Waals surface area contributed by atoms with Gasteiger partial charge in [-0.3, -0.25) is 4.79 Å². The lowest BCUT2D eigenvalue weighted by molar-refractivity contribution is -0.137. The maximum atomic E-state index is 12.5. The van der Waals surface area contributed by atoms with Crippen molar-refractivity contribution in [3.63, 3.8) is 0 Å². The summed E-state index contributed by atoms with van der Waals surface area (Å²) >= 11 is 5.58. The van der Waals surface area contributed by atoms with Gasteiger partial charge < -0.3 is 0 Å². The highest BCUT2D eigenvalue weighted by Crippen LogP contribution is 2.35. The molecular weight excluding hydrogens is 265 g/mol. The highest BCUT2D eigenvalue weighted by Gasteiger charge is 2.33. The van der Waals surface area contributed by atoms with Crippen molar-refractivity contribution in [1.82, 2.24) is 0 Å². The molecule has 0 N–H and O–H groups in total. The number of rotatable bonds is 4. The fourth-order valence-electron chi connectivity index (χ4n) is 1.79. The zero-order valence-corrected chi connectivity index (χ0v) is 10.9. The van der Waals surface area contributed by atoms with E-state index in [2.05, 4.69) is 0 Å². The largest absolute Gasteiger partial charge is 0.417 e. The molecule has 0 fully saturated rings. The van der Waals surface area contributed by atoms with Gasteiger partial charge in [-0.05, 0) is 25.0 Å². The van der Waals surface area contributed by atoms with Gasteiger partial charge in [0.05, 0.1) is 10.6 Å². The fourth-order valence-corrected chi connectivity index (χ4v) is 2.08. The Balaban J connectivity index is 3.08. The number of carbonyl (C=O) groups is 1. The summed E-state index contributed by atoms with van der Waals surface area (Å²) in [6.07, 6.45) is -3.17. The summed E-state index contributed by atoms with van der Waals surface area (Å²) in [7, 11) is 0. The van der Waals surface area contributed by atoms with Gasteiger partial charge in [-0.2, -0.15) is 13.2 Å². The van der Waals surface area contributed by atoms with Crippen LogP contribution in [0.25, 0.3) is 0 Å². The minimum atomic E-state index is -4.49. The molecule has 1 aromatic rings. The summed E-state index contributed by atoms with van der Waals surface area (Å²) in [6, 6.07) is 3.15. The van der Waals surface area contributed by atoms with E-state index in [1.54, 1.807) is 0 Å². The quantitative estimate of drug-likeness (QED) is 0.710. The molecule has 100 valence electrons. The fraction of sp³-hybridized carbons (Fsp3) is 0.462. The van der Waals surface area contributed by atoms with Crippen LogP contribution in [0.15, 0.2) is 18.2 Å². The van der Waals surface area contributed by atoms with Gasteiger partial charge in [-0.1, -0.05) is 31.5 Å². The molecular formula is C13H14ClF3O. The highest BCUT2D eigenvalue weighted by molar-refractivity contribution is 6.31. The van der Waals surface area contributed by atoms with Crippen molar-refractivity contribution in [3.8, 4) is 0 Å². The molecule has 0 unspecified atom stereocenters. The highest BCUT2D eigenvalue weighted by atomic mass is 35.5. The predicted molar refractivity (Wildman–Crippen MR) is 64.9 cm³/mol. The molecule has 0 radical (unpaired) electrons. The van der Waals surface area contributed by atoms with Gasteiger partial charge >= 0.3 is 6.18 Å². The van der Waals surface area contributed by atoms with Crippen molar-refractivity contribution in [2.75, 3.05) is 0 Å². The summed E-state index contributed by atoms with van der Waals surface area (Å²) in [6.45, 7) is 3.75. The van der Waals surface area contributed by atoms with Crippen molar-refractivity contribution in [2.24, 2.45) is 5.92 Å². The zero-order chi connectivity index (χ0) is 13.9. The Morgan fingerprint density at radius 3 is 2.22 bits per heavy atom. The molecule has 1 nitrogen and oxygen atoms in total. The lowest BCUT2D eigenvalue weighted by atomic mass is 9.92. The Hall–Kier alpha value is -1.03. The van der Waals surface area contributed by atoms with Crippen LogP contribution in [0.4, 0.5) is 13.2 Å². The van der Waals surface area contributed by atoms with Gasteiger partial charge in [0.2, 0.25) is 0 Å². The Labute approximate surface area is 109 Å². The van der Waals surface area contributed by atoms with E-state index in [9.17, 15) is 18.0 Å². The van der Waals surface area contributed by atoms with E-state index in [1.807, 2.05) is 13.8 Å². The zero-order valence-electron chi connectivity index (χ0n) is 10.1. The van der Waals surface area contributed by atoms with Gasteiger partial charge in [0.15, 0.2) is 5.78 Å². The van der Waals surface area contributed by atoms with Crippen molar-refractivity contribution in [2.45, 2.75) is 32.9 Å². The third-order valence-electron chi connectivity index (χ3n) is 2.92.